The number of rotatable bonds is 7. The molecule has 12 nitrogen and oxygen atoms in total. The van der Waals surface area contributed by atoms with Crippen LogP contribution in [0.4, 0.5) is 0 Å². The summed E-state index contributed by atoms with van der Waals surface area (Å²) in [6.45, 7) is 10.5. The first-order chi connectivity index (χ1) is 21.4. The van der Waals surface area contributed by atoms with E-state index in [1.165, 1.54) is 6.92 Å². The molecule has 1 spiro atoms. The minimum Gasteiger partial charge on any atom is -0.463 e. The van der Waals surface area contributed by atoms with Crippen LogP contribution in [0.1, 0.15) is 106 Å². The van der Waals surface area contributed by atoms with Crippen molar-refractivity contribution in [2.75, 3.05) is 6.61 Å². The van der Waals surface area contributed by atoms with Gasteiger partial charge in [-0.25, -0.2) is 0 Å². The van der Waals surface area contributed by atoms with Gasteiger partial charge < -0.3 is 28.4 Å². The molecule has 2 bridgehead atoms. The maximum Gasteiger partial charge on any atom is 0.314 e. The van der Waals surface area contributed by atoms with Crippen LogP contribution in [0.15, 0.2) is 0 Å². The Bertz CT molecular complexity index is 1290. The maximum atomic E-state index is 14.4. The quantitative estimate of drug-likeness (QED) is 0.289. The molecular formula is C34H48O12. The third kappa shape index (κ3) is 5.94. The van der Waals surface area contributed by atoms with Crippen molar-refractivity contribution in [3.8, 4) is 0 Å². The number of carbonyl (C=O) groups excluding carboxylic acids is 6. The Labute approximate surface area is 269 Å². The lowest BCUT2D eigenvalue weighted by molar-refractivity contribution is -0.305. The second-order valence-electron chi connectivity index (χ2n) is 15.1. The van der Waals surface area contributed by atoms with Crippen molar-refractivity contribution in [1.82, 2.24) is 0 Å². The van der Waals surface area contributed by atoms with Crippen molar-refractivity contribution in [3.63, 3.8) is 0 Å². The molecule has 5 fully saturated rings. The van der Waals surface area contributed by atoms with Gasteiger partial charge in [-0.3, -0.25) is 28.8 Å². The van der Waals surface area contributed by atoms with E-state index in [0.29, 0.717) is 24.5 Å². The summed E-state index contributed by atoms with van der Waals surface area (Å²) in [7, 11) is 0. The van der Waals surface area contributed by atoms with Crippen LogP contribution in [-0.2, 0) is 57.2 Å². The molecule has 0 unspecified atom stereocenters. The number of ketones is 1. The van der Waals surface area contributed by atoms with Gasteiger partial charge in [0.1, 0.15) is 18.5 Å². The smallest absolute Gasteiger partial charge is 0.314 e. The Morgan fingerprint density at radius 3 is 1.98 bits per heavy atom. The Morgan fingerprint density at radius 1 is 0.739 bits per heavy atom. The van der Waals surface area contributed by atoms with Gasteiger partial charge >= 0.3 is 29.8 Å². The van der Waals surface area contributed by atoms with E-state index in [0.717, 1.165) is 65.7 Å². The van der Waals surface area contributed by atoms with Crippen LogP contribution >= 0.6 is 0 Å². The second-order valence-corrected chi connectivity index (χ2v) is 15.1. The first-order valence-corrected chi connectivity index (χ1v) is 16.5. The highest BCUT2D eigenvalue weighted by Crippen LogP contribution is 2.73. The molecule has 256 valence electrons. The van der Waals surface area contributed by atoms with E-state index < -0.39 is 72.6 Å². The molecule has 12 heteroatoms. The third-order valence-electron chi connectivity index (χ3n) is 12.0. The maximum absolute atomic E-state index is 14.4. The summed E-state index contributed by atoms with van der Waals surface area (Å²) < 4.78 is 33.8. The summed E-state index contributed by atoms with van der Waals surface area (Å²) in [5.41, 5.74) is -1.38. The van der Waals surface area contributed by atoms with Crippen molar-refractivity contribution in [2.45, 2.75) is 137 Å². The third-order valence-corrected chi connectivity index (χ3v) is 12.0. The van der Waals surface area contributed by atoms with E-state index in [2.05, 4.69) is 13.8 Å². The van der Waals surface area contributed by atoms with Gasteiger partial charge in [-0.2, -0.15) is 0 Å². The van der Waals surface area contributed by atoms with Crippen molar-refractivity contribution in [3.05, 3.63) is 0 Å². The number of ether oxygens (including phenoxy) is 6. The number of hydrogen-bond donors (Lipinski definition) is 0. The van der Waals surface area contributed by atoms with Crippen LogP contribution in [-0.4, -0.2) is 72.9 Å². The number of fused-ring (bicyclic) bond motifs is 3. The summed E-state index contributed by atoms with van der Waals surface area (Å²) in [6.07, 6.45) is 0.334. The number of esters is 5. The molecule has 46 heavy (non-hydrogen) atoms. The molecule has 0 N–H and O–H groups in total. The van der Waals surface area contributed by atoms with Crippen LogP contribution in [0.25, 0.3) is 0 Å². The highest BCUT2D eigenvalue weighted by Gasteiger charge is 2.68. The first kappa shape index (κ1) is 34.3. The number of Topliss-reactive ketones (excluding diaryl/α,β-unsaturated/α-hetero) is 1. The van der Waals surface area contributed by atoms with Gasteiger partial charge in [0.15, 0.2) is 12.2 Å². The minimum atomic E-state index is -1.56. The van der Waals surface area contributed by atoms with E-state index in [1.54, 1.807) is 0 Å². The van der Waals surface area contributed by atoms with Gasteiger partial charge in [0.05, 0.1) is 5.41 Å². The van der Waals surface area contributed by atoms with Gasteiger partial charge in [-0.15, -0.1) is 0 Å². The lowest BCUT2D eigenvalue weighted by atomic mass is 9.40. The molecule has 5 rings (SSSR count). The molecule has 0 aromatic heterocycles. The van der Waals surface area contributed by atoms with E-state index in [9.17, 15) is 28.8 Å². The largest absolute Gasteiger partial charge is 0.463 e. The lowest BCUT2D eigenvalue weighted by Crippen LogP contribution is -2.64. The van der Waals surface area contributed by atoms with E-state index >= 15 is 0 Å². The van der Waals surface area contributed by atoms with Crippen molar-refractivity contribution in [2.24, 2.45) is 33.5 Å². The molecule has 1 aliphatic heterocycles. The second kappa shape index (κ2) is 12.2. The zero-order chi connectivity index (χ0) is 33.8. The molecule has 4 saturated carbocycles. The summed E-state index contributed by atoms with van der Waals surface area (Å²) in [5.74, 6) is -2.79. The Balaban J connectivity index is 1.45. The highest BCUT2D eigenvalue weighted by atomic mass is 16.7. The van der Waals surface area contributed by atoms with Crippen molar-refractivity contribution in [1.29, 1.82) is 0 Å². The number of hydrogen-bond acceptors (Lipinski definition) is 12. The van der Waals surface area contributed by atoms with Gasteiger partial charge in [0.25, 0.3) is 0 Å². The predicted molar refractivity (Wildman–Crippen MR) is 158 cm³/mol. The van der Waals surface area contributed by atoms with E-state index in [4.69, 9.17) is 28.4 Å². The standard InChI is InChI=1S/C34H48O12/c1-18(35)41-16-22-26(42-19(2)36)27(43-20(3)37)28(44-21(4)38)29(45-22)46-30(40)33(7)12-8-11-32(6)23(33)10-14-34-15-25(39)31(5,17-34)13-9-24(32)34/h22-24,26-29H,8-17H2,1-7H3/t22-,23+,24+,26-,27+,28-,29+,31+,32-,33-,34+/m1/s1. The predicted octanol–water partition coefficient (Wildman–Crippen LogP) is 3.98. The molecule has 0 aromatic rings. The molecule has 4 aliphatic carbocycles. The van der Waals surface area contributed by atoms with E-state index in [-0.39, 0.29) is 22.2 Å². The Kier molecular flexibility index (Phi) is 9.11. The van der Waals surface area contributed by atoms with Crippen LogP contribution in [0.2, 0.25) is 0 Å². The fraction of sp³-hybridized carbons (Fsp3) is 0.824. The zero-order valence-electron chi connectivity index (χ0n) is 28.0. The minimum absolute atomic E-state index is 0.0254. The first-order valence-electron chi connectivity index (χ1n) is 16.5. The van der Waals surface area contributed by atoms with Crippen molar-refractivity contribution >= 4 is 35.6 Å². The molecule has 1 heterocycles. The zero-order valence-corrected chi connectivity index (χ0v) is 28.0. The average molecular weight is 649 g/mol. The molecule has 0 radical (unpaired) electrons. The molecule has 11 atom stereocenters. The van der Waals surface area contributed by atoms with Crippen LogP contribution in [0, 0.1) is 33.5 Å². The Morgan fingerprint density at radius 2 is 1.35 bits per heavy atom. The lowest BCUT2D eigenvalue weighted by Gasteiger charge is -2.64. The molecular weight excluding hydrogens is 600 g/mol. The van der Waals surface area contributed by atoms with Crippen molar-refractivity contribution < 1.29 is 57.2 Å². The molecule has 0 aromatic carbocycles. The van der Waals surface area contributed by atoms with Crippen LogP contribution < -0.4 is 0 Å². The summed E-state index contributed by atoms with van der Waals surface area (Å²) in [4.78, 5) is 75.8. The average Bonchev–Trinajstić information content (AvgIpc) is 3.12. The normalized spacial score (nSPS) is 42.9. The Hall–Kier alpha value is -3.02. The van der Waals surface area contributed by atoms with Gasteiger partial charge in [-0.1, -0.05) is 20.3 Å². The molecule has 1 saturated heterocycles. The number of carbonyl (C=O) groups is 6. The fourth-order valence-electron chi connectivity index (χ4n) is 10.3. The van der Waals surface area contributed by atoms with E-state index in [1.807, 2.05) is 6.92 Å². The van der Waals surface area contributed by atoms with Crippen LogP contribution in [0.5, 0.6) is 0 Å². The topological polar surface area (TPSA) is 158 Å². The molecule has 5 aliphatic rings. The van der Waals surface area contributed by atoms with Gasteiger partial charge in [-0.05, 0) is 74.5 Å². The summed E-state index contributed by atoms with van der Waals surface area (Å²) in [5, 5.41) is 0. The van der Waals surface area contributed by atoms with Gasteiger partial charge in [0.2, 0.25) is 12.4 Å². The fourth-order valence-corrected chi connectivity index (χ4v) is 10.3. The summed E-state index contributed by atoms with van der Waals surface area (Å²) >= 11 is 0. The van der Waals surface area contributed by atoms with Gasteiger partial charge in [0, 0.05) is 39.5 Å². The summed E-state index contributed by atoms with van der Waals surface area (Å²) in [6, 6.07) is 0. The monoisotopic (exact) mass is 648 g/mol. The highest BCUT2D eigenvalue weighted by molar-refractivity contribution is 5.88. The SMILES string of the molecule is CC(=O)OC[C@H]1O[C@@H](OC(=O)[C@]2(C)CCC[C@@]3(C)[C@@H]4CC[C@@]5(C)C[C@]4(CC[C@@H]32)CC5=O)[C@H](OC(C)=O)[C@@H](OC(C)=O)[C@@H]1OC(C)=O. The molecule has 0 amide bonds. The van der Waals surface area contributed by atoms with Crippen LogP contribution in [0.3, 0.4) is 0 Å².